The lowest BCUT2D eigenvalue weighted by atomic mass is 9.95. The molecule has 0 spiro atoms. The molecule has 2 aliphatic rings. The zero-order chi connectivity index (χ0) is 19.5. The average molecular weight is 382 g/mol. The van der Waals surface area contributed by atoms with Gasteiger partial charge in [0, 0.05) is 31.6 Å². The van der Waals surface area contributed by atoms with Crippen LogP contribution in [0.3, 0.4) is 0 Å². The number of benzene rings is 2. The first-order chi connectivity index (χ1) is 13.6. The van der Waals surface area contributed by atoms with Crippen LogP contribution in [-0.4, -0.2) is 43.9 Å². The van der Waals surface area contributed by atoms with Crippen LogP contribution in [0, 0.1) is 20.8 Å². The number of hydrogen-bond acceptors (Lipinski definition) is 4. The first kappa shape index (κ1) is 19.3. The molecule has 0 radical (unpaired) electrons. The van der Waals surface area contributed by atoms with Crippen LogP contribution in [0.4, 0.5) is 0 Å². The van der Waals surface area contributed by atoms with Gasteiger partial charge in [0.15, 0.2) is 0 Å². The molecule has 2 aromatic carbocycles. The molecule has 0 bridgehead atoms. The SMILES string of the molecule is Cc1c(C)c2c(c(C)c1OCc1ccccc1)C[C@@H](CCN1CCOCC1)O2. The van der Waals surface area contributed by atoms with E-state index in [9.17, 15) is 0 Å². The van der Waals surface area contributed by atoms with Crippen LogP contribution in [-0.2, 0) is 17.8 Å². The molecule has 0 amide bonds. The van der Waals surface area contributed by atoms with Crippen LogP contribution >= 0.6 is 0 Å². The highest BCUT2D eigenvalue weighted by molar-refractivity contribution is 5.59. The molecule has 0 aromatic heterocycles. The summed E-state index contributed by atoms with van der Waals surface area (Å²) < 4.78 is 18.1. The Kier molecular flexibility index (Phi) is 5.88. The van der Waals surface area contributed by atoms with Gasteiger partial charge < -0.3 is 14.2 Å². The molecule has 0 unspecified atom stereocenters. The van der Waals surface area contributed by atoms with E-state index in [1.54, 1.807) is 0 Å². The maximum atomic E-state index is 6.39. The molecule has 0 N–H and O–H groups in total. The van der Waals surface area contributed by atoms with Crippen molar-refractivity contribution in [1.29, 1.82) is 0 Å². The van der Waals surface area contributed by atoms with E-state index in [1.165, 1.54) is 27.8 Å². The standard InChI is InChI=1S/C24H31NO3/c1-17-18(2)24-22(15-21(28-24)9-10-25-11-13-26-14-12-25)19(3)23(17)27-16-20-7-5-4-6-8-20/h4-8,21H,9-16H2,1-3H3/t21-/m1/s1. The molecule has 150 valence electrons. The Morgan fingerprint density at radius 2 is 1.75 bits per heavy atom. The molecule has 1 atom stereocenters. The largest absolute Gasteiger partial charge is 0.489 e. The molecule has 4 nitrogen and oxygen atoms in total. The van der Waals surface area contributed by atoms with E-state index in [2.05, 4.69) is 49.9 Å². The number of fused-ring (bicyclic) bond motifs is 1. The van der Waals surface area contributed by atoms with Crippen molar-refractivity contribution >= 4 is 0 Å². The minimum Gasteiger partial charge on any atom is -0.489 e. The lowest BCUT2D eigenvalue weighted by Crippen LogP contribution is -2.38. The fraction of sp³-hybridized carbons (Fsp3) is 0.500. The van der Waals surface area contributed by atoms with Crippen LogP contribution in [0.15, 0.2) is 30.3 Å². The number of ether oxygens (including phenoxy) is 3. The summed E-state index contributed by atoms with van der Waals surface area (Å²) in [5.74, 6) is 2.12. The van der Waals surface area contributed by atoms with Crippen molar-refractivity contribution in [2.75, 3.05) is 32.8 Å². The normalized spacial score (nSPS) is 19.3. The monoisotopic (exact) mass is 381 g/mol. The van der Waals surface area contributed by atoms with Gasteiger partial charge in [0.25, 0.3) is 0 Å². The summed E-state index contributed by atoms with van der Waals surface area (Å²) in [5, 5.41) is 0. The van der Waals surface area contributed by atoms with Crippen molar-refractivity contribution < 1.29 is 14.2 Å². The summed E-state index contributed by atoms with van der Waals surface area (Å²) in [6.07, 6.45) is 2.31. The van der Waals surface area contributed by atoms with Gasteiger partial charge in [-0.3, -0.25) is 4.90 Å². The highest BCUT2D eigenvalue weighted by atomic mass is 16.5. The Hall–Kier alpha value is -2.04. The van der Waals surface area contributed by atoms with Crippen molar-refractivity contribution in [2.24, 2.45) is 0 Å². The summed E-state index contributed by atoms with van der Waals surface area (Å²) in [7, 11) is 0. The van der Waals surface area contributed by atoms with Crippen molar-refractivity contribution in [2.45, 2.75) is 46.3 Å². The van der Waals surface area contributed by atoms with Crippen molar-refractivity contribution in [3.05, 3.63) is 58.1 Å². The van der Waals surface area contributed by atoms with Gasteiger partial charge in [-0.25, -0.2) is 0 Å². The molecule has 4 rings (SSSR count). The molecule has 2 aromatic rings. The van der Waals surface area contributed by atoms with Gasteiger partial charge in [0.05, 0.1) is 13.2 Å². The Bertz CT molecular complexity index is 813. The van der Waals surface area contributed by atoms with Gasteiger partial charge in [-0.2, -0.15) is 0 Å². The zero-order valence-corrected chi connectivity index (χ0v) is 17.3. The minimum atomic E-state index is 0.263. The minimum absolute atomic E-state index is 0.263. The predicted octanol–water partition coefficient (Wildman–Crippen LogP) is 4.22. The molecular weight excluding hydrogens is 350 g/mol. The molecule has 1 fully saturated rings. The van der Waals surface area contributed by atoms with Gasteiger partial charge in [-0.05, 0) is 49.4 Å². The third kappa shape index (κ3) is 4.03. The van der Waals surface area contributed by atoms with E-state index in [4.69, 9.17) is 14.2 Å². The first-order valence-electron chi connectivity index (χ1n) is 10.4. The van der Waals surface area contributed by atoms with Crippen molar-refractivity contribution in [3.63, 3.8) is 0 Å². The highest BCUT2D eigenvalue weighted by Crippen LogP contribution is 2.43. The summed E-state index contributed by atoms with van der Waals surface area (Å²) in [5.41, 5.74) is 6.18. The van der Waals surface area contributed by atoms with Crippen LogP contribution in [0.1, 0.15) is 34.2 Å². The average Bonchev–Trinajstić information content (AvgIpc) is 3.17. The zero-order valence-electron chi connectivity index (χ0n) is 17.3. The first-order valence-corrected chi connectivity index (χ1v) is 10.4. The summed E-state index contributed by atoms with van der Waals surface area (Å²) in [6.45, 7) is 11.9. The maximum Gasteiger partial charge on any atom is 0.126 e. The van der Waals surface area contributed by atoms with Crippen molar-refractivity contribution in [3.8, 4) is 11.5 Å². The van der Waals surface area contributed by atoms with Crippen molar-refractivity contribution in [1.82, 2.24) is 4.90 Å². The summed E-state index contributed by atoms with van der Waals surface area (Å²) >= 11 is 0. The molecule has 2 aliphatic heterocycles. The fourth-order valence-electron chi connectivity index (χ4n) is 4.26. The quantitative estimate of drug-likeness (QED) is 0.750. The van der Waals surface area contributed by atoms with Gasteiger partial charge >= 0.3 is 0 Å². The lowest BCUT2D eigenvalue weighted by Gasteiger charge is -2.27. The van der Waals surface area contributed by atoms with E-state index < -0.39 is 0 Å². The molecule has 4 heteroatoms. The number of hydrogen-bond donors (Lipinski definition) is 0. The van der Waals surface area contributed by atoms with Gasteiger partial charge in [-0.15, -0.1) is 0 Å². The molecule has 0 saturated carbocycles. The topological polar surface area (TPSA) is 30.9 Å². The van der Waals surface area contributed by atoms with Crippen LogP contribution < -0.4 is 9.47 Å². The molecule has 1 saturated heterocycles. The number of rotatable bonds is 6. The van der Waals surface area contributed by atoms with Crippen LogP contribution in [0.5, 0.6) is 11.5 Å². The third-order valence-corrected chi connectivity index (χ3v) is 6.12. The number of morpholine rings is 1. The second-order valence-corrected chi connectivity index (χ2v) is 7.97. The van der Waals surface area contributed by atoms with E-state index in [0.717, 1.165) is 57.2 Å². The fourth-order valence-corrected chi connectivity index (χ4v) is 4.26. The summed E-state index contributed by atoms with van der Waals surface area (Å²) in [4.78, 5) is 2.48. The molecule has 0 aliphatic carbocycles. The predicted molar refractivity (Wildman–Crippen MR) is 111 cm³/mol. The van der Waals surface area contributed by atoms with Gasteiger partial charge in [-0.1, -0.05) is 30.3 Å². The maximum absolute atomic E-state index is 6.39. The third-order valence-electron chi connectivity index (χ3n) is 6.12. The summed E-state index contributed by atoms with van der Waals surface area (Å²) in [6, 6.07) is 10.4. The number of nitrogens with zero attached hydrogens (tertiary/aromatic N) is 1. The molecule has 2 heterocycles. The molecule has 28 heavy (non-hydrogen) atoms. The Balaban J connectivity index is 1.45. The van der Waals surface area contributed by atoms with Gasteiger partial charge in [0.1, 0.15) is 24.2 Å². The van der Waals surface area contributed by atoms with Crippen LogP contribution in [0.2, 0.25) is 0 Å². The Morgan fingerprint density at radius 3 is 2.50 bits per heavy atom. The second-order valence-electron chi connectivity index (χ2n) is 7.97. The highest BCUT2D eigenvalue weighted by Gasteiger charge is 2.30. The van der Waals surface area contributed by atoms with Gasteiger partial charge in [0.2, 0.25) is 0 Å². The lowest BCUT2D eigenvalue weighted by molar-refractivity contribution is 0.0328. The smallest absolute Gasteiger partial charge is 0.126 e. The van der Waals surface area contributed by atoms with Crippen LogP contribution in [0.25, 0.3) is 0 Å². The van der Waals surface area contributed by atoms with E-state index in [1.807, 2.05) is 6.07 Å². The van der Waals surface area contributed by atoms with E-state index >= 15 is 0 Å². The Labute approximate surface area is 168 Å². The second kappa shape index (κ2) is 8.54. The Morgan fingerprint density at radius 1 is 1.00 bits per heavy atom. The molecular formula is C24H31NO3. The van der Waals surface area contributed by atoms with E-state index in [0.29, 0.717) is 6.61 Å². The van der Waals surface area contributed by atoms with E-state index in [-0.39, 0.29) is 6.10 Å².